The molecule has 0 aliphatic heterocycles. The van der Waals surface area contributed by atoms with E-state index in [1.54, 1.807) is 48.5 Å². The van der Waals surface area contributed by atoms with Gasteiger partial charge in [0.25, 0.3) is 5.91 Å². The first-order valence-electron chi connectivity index (χ1n) is 8.71. The van der Waals surface area contributed by atoms with E-state index in [9.17, 15) is 9.59 Å². The zero-order valence-electron chi connectivity index (χ0n) is 15.0. The number of para-hydroxylation sites is 2. The van der Waals surface area contributed by atoms with Crippen molar-refractivity contribution >= 4 is 29.1 Å². The maximum absolute atomic E-state index is 12.5. The molecule has 2 amide bonds. The first-order valence-corrected chi connectivity index (χ1v) is 9.09. The Hall–Kier alpha value is -3.31. The fourth-order valence-electron chi connectivity index (χ4n) is 2.50. The number of hydrogen-bond acceptors (Lipinski definition) is 3. The lowest BCUT2D eigenvalue weighted by molar-refractivity contribution is -0.115. The zero-order valence-corrected chi connectivity index (χ0v) is 15.8. The molecule has 3 aromatic rings. The number of benzene rings is 3. The van der Waals surface area contributed by atoms with Crippen molar-refractivity contribution in [1.82, 2.24) is 5.32 Å². The van der Waals surface area contributed by atoms with Crippen LogP contribution in [0.3, 0.4) is 0 Å². The molecule has 28 heavy (non-hydrogen) atoms. The molecule has 0 radical (unpaired) electrons. The van der Waals surface area contributed by atoms with E-state index in [-0.39, 0.29) is 18.4 Å². The average molecular weight is 395 g/mol. The van der Waals surface area contributed by atoms with Crippen molar-refractivity contribution in [2.24, 2.45) is 0 Å². The quantitative estimate of drug-likeness (QED) is 0.628. The molecule has 0 bridgehead atoms. The first kappa shape index (κ1) is 19.5. The van der Waals surface area contributed by atoms with Gasteiger partial charge < -0.3 is 15.4 Å². The molecule has 0 heterocycles. The van der Waals surface area contributed by atoms with Crippen LogP contribution in [0.4, 0.5) is 5.69 Å². The van der Waals surface area contributed by atoms with E-state index in [1.807, 2.05) is 30.3 Å². The summed E-state index contributed by atoms with van der Waals surface area (Å²) in [7, 11) is 0. The topological polar surface area (TPSA) is 67.4 Å². The zero-order chi connectivity index (χ0) is 19.8. The maximum atomic E-state index is 12.5. The molecule has 0 atom stereocenters. The Kier molecular flexibility index (Phi) is 6.65. The molecule has 0 spiro atoms. The summed E-state index contributed by atoms with van der Waals surface area (Å²) in [6, 6.07) is 23.2. The summed E-state index contributed by atoms with van der Waals surface area (Å²) in [4.78, 5) is 24.5. The van der Waals surface area contributed by atoms with Crippen molar-refractivity contribution in [3.63, 3.8) is 0 Å². The van der Waals surface area contributed by atoms with Crippen molar-refractivity contribution in [2.45, 2.75) is 6.61 Å². The summed E-state index contributed by atoms with van der Waals surface area (Å²) in [5.41, 5.74) is 1.97. The minimum atomic E-state index is -0.380. The van der Waals surface area contributed by atoms with Gasteiger partial charge in [0.15, 0.2) is 0 Å². The molecule has 3 rings (SSSR count). The molecule has 5 nitrogen and oxygen atoms in total. The van der Waals surface area contributed by atoms with Crippen LogP contribution in [-0.4, -0.2) is 18.4 Å². The van der Waals surface area contributed by atoms with Crippen LogP contribution < -0.4 is 15.4 Å². The summed E-state index contributed by atoms with van der Waals surface area (Å²) in [6.45, 7) is 0.162. The molecule has 0 fully saturated rings. The van der Waals surface area contributed by atoms with Gasteiger partial charge in [-0.25, -0.2) is 0 Å². The van der Waals surface area contributed by atoms with Crippen molar-refractivity contribution < 1.29 is 14.3 Å². The van der Waals surface area contributed by atoms with Crippen LogP contribution in [0.2, 0.25) is 5.02 Å². The highest BCUT2D eigenvalue weighted by Gasteiger charge is 2.13. The number of carbonyl (C=O) groups excluding carboxylic acids is 2. The van der Waals surface area contributed by atoms with Gasteiger partial charge >= 0.3 is 0 Å². The van der Waals surface area contributed by atoms with Crippen LogP contribution >= 0.6 is 11.6 Å². The molecule has 3 aromatic carbocycles. The molecule has 0 aliphatic carbocycles. The van der Waals surface area contributed by atoms with Gasteiger partial charge in [0.05, 0.1) is 12.1 Å². The maximum Gasteiger partial charge on any atom is 0.255 e. The van der Waals surface area contributed by atoms with Gasteiger partial charge in [-0.05, 0) is 42.0 Å². The molecule has 0 unspecified atom stereocenters. The number of anilines is 1. The van der Waals surface area contributed by atoms with Gasteiger partial charge in [0.1, 0.15) is 12.4 Å². The van der Waals surface area contributed by atoms with E-state index in [0.29, 0.717) is 28.6 Å². The summed E-state index contributed by atoms with van der Waals surface area (Å²) >= 11 is 5.88. The Bertz CT molecular complexity index is 944. The van der Waals surface area contributed by atoms with Gasteiger partial charge in [-0.3, -0.25) is 9.59 Å². The summed E-state index contributed by atoms with van der Waals surface area (Å²) in [6.07, 6.45) is 0. The first-order chi connectivity index (χ1) is 13.6. The second-order valence-electron chi connectivity index (χ2n) is 6.01. The second-order valence-corrected chi connectivity index (χ2v) is 6.44. The Morgan fingerprint density at radius 1 is 0.857 bits per heavy atom. The highest BCUT2D eigenvalue weighted by atomic mass is 35.5. The predicted molar refractivity (Wildman–Crippen MR) is 110 cm³/mol. The highest BCUT2D eigenvalue weighted by molar-refractivity contribution is 6.30. The number of rotatable bonds is 7. The van der Waals surface area contributed by atoms with E-state index in [0.717, 1.165) is 5.56 Å². The van der Waals surface area contributed by atoms with Crippen molar-refractivity contribution in [3.05, 3.63) is 95.0 Å². The van der Waals surface area contributed by atoms with Crippen molar-refractivity contribution in [2.75, 3.05) is 11.9 Å². The van der Waals surface area contributed by atoms with Crippen LogP contribution in [0.1, 0.15) is 15.9 Å². The lowest BCUT2D eigenvalue weighted by Gasteiger charge is -2.12. The van der Waals surface area contributed by atoms with Crippen LogP contribution in [-0.2, 0) is 11.4 Å². The molecule has 0 saturated carbocycles. The van der Waals surface area contributed by atoms with Crippen molar-refractivity contribution in [3.8, 4) is 5.75 Å². The number of carbonyl (C=O) groups is 2. The molecule has 2 N–H and O–H groups in total. The third-order valence-corrected chi connectivity index (χ3v) is 4.16. The SMILES string of the molecule is O=C(CNC(=O)c1ccccc1OCc1ccc(Cl)cc1)Nc1ccccc1. The normalized spacial score (nSPS) is 10.2. The Balaban J connectivity index is 1.57. The van der Waals surface area contributed by atoms with Gasteiger partial charge in [0.2, 0.25) is 5.91 Å². The minimum absolute atomic E-state index is 0.140. The second kappa shape index (κ2) is 9.58. The number of ether oxygens (including phenoxy) is 1. The number of nitrogens with one attached hydrogen (secondary N) is 2. The van der Waals surface area contributed by atoms with Gasteiger partial charge in [-0.1, -0.05) is 54.1 Å². The van der Waals surface area contributed by atoms with E-state index >= 15 is 0 Å². The largest absolute Gasteiger partial charge is 0.488 e. The molecular weight excluding hydrogens is 376 g/mol. The fraction of sp³-hybridized carbons (Fsp3) is 0.0909. The molecule has 0 aliphatic rings. The van der Waals surface area contributed by atoms with Crippen molar-refractivity contribution in [1.29, 1.82) is 0 Å². The number of amides is 2. The van der Waals surface area contributed by atoms with Gasteiger partial charge in [0, 0.05) is 10.7 Å². The van der Waals surface area contributed by atoms with E-state index in [4.69, 9.17) is 16.3 Å². The van der Waals surface area contributed by atoms with Crippen LogP contribution in [0.5, 0.6) is 5.75 Å². The Morgan fingerprint density at radius 2 is 1.54 bits per heavy atom. The highest BCUT2D eigenvalue weighted by Crippen LogP contribution is 2.20. The molecule has 0 aromatic heterocycles. The standard InChI is InChI=1S/C22H19ClN2O3/c23-17-12-10-16(11-13-17)15-28-20-9-5-4-8-19(20)22(27)24-14-21(26)25-18-6-2-1-3-7-18/h1-13H,14-15H2,(H,24,27)(H,25,26). The lowest BCUT2D eigenvalue weighted by Crippen LogP contribution is -2.33. The smallest absolute Gasteiger partial charge is 0.255 e. The van der Waals surface area contributed by atoms with Crippen LogP contribution in [0.25, 0.3) is 0 Å². The predicted octanol–water partition coefficient (Wildman–Crippen LogP) is 4.29. The third-order valence-electron chi connectivity index (χ3n) is 3.91. The molecular formula is C22H19ClN2O3. The monoisotopic (exact) mass is 394 g/mol. The average Bonchev–Trinajstić information content (AvgIpc) is 2.72. The number of hydrogen-bond donors (Lipinski definition) is 2. The lowest BCUT2D eigenvalue weighted by atomic mass is 10.2. The molecule has 142 valence electrons. The number of halogens is 1. The third kappa shape index (κ3) is 5.59. The van der Waals surface area contributed by atoms with Gasteiger partial charge in [-0.15, -0.1) is 0 Å². The molecule has 0 saturated heterocycles. The minimum Gasteiger partial charge on any atom is -0.488 e. The Labute approximate surface area is 168 Å². The summed E-state index contributed by atoms with van der Waals surface area (Å²) in [5.74, 6) is -0.243. The van der Waals surface area contributed by atoms with Crippen LogP contribution in [0.15, 0.2) is 78.9 Å². The Morgan fingerprint density at radius 3 is 2.29 bits per heavy atom. The van der Waals surface area contributed by atoms with E-state index < -0.39 is 0 Å². The van der Waals surface area contributed by atoms with Gasteiger partial charge in [-0.2, -0.15) is 0 Å². The summed E-state index contributed by atoms with van der Waals surface area (Å²) in [5, 5.41) is 5.99. The molecule has 6 heteroatoms. The van der Waals surface area contributed by atoms with E-state index in [1.165, 1.54) is 0 Å². The van der Waals surface area contributed by atoms with Crippen LogP contribution in [0, 0.1) is 0 Å². The fourth-order valence-corrected chi connectivity index (χ4v) is 2.63. The van der Waals surface area contributed by atoms with E-state index in [2.05, 4.69) is 10.6 Å². The summed E-state index contributed by atoms with van der Waals surface area (Å²) < 4.78 is 5.78.